The van der Waals surface area contributed by atoms with Crippen molar-refractivity contribution in [2.75, 3.05) is 26.2 Å². The van der Waals surface area contributed by atoms with Gasteiger partial charge in [-0.05, 0) is 61.4 Å². The van der Waals surface area contributed by atoms with Gasteiger partial charge in [0.25, 0.3) is 0 Å². The van der Waals surface area contributed by atoms with Gasteiger partial charge >= 0.3 is 0 Å². The van der Waals surface area contributed by atoms with Crippen molar-refractivity contribution in [3.05, 3.63) is 59.9 Å². The molecule has 5 nitrogen and oxygen atoms in total. The van der Waals surface area contributed by atoms with Crippen molar-refractivity contribution in [1.82, 2.24) is 14.8 Å². The van der Waals surface area contributed by atoms with E-state index >= 15 is 0 Å². The number of nitrogens with zero attached hydrogens (tertiary/aromatic N) is 2. The Bertz CT molecular complexity index is 1140. The molecule has 6 heteroatoms. The molecule has 2 saturated heterocycles. The maximum absolute atomic E-state index is 14.0. The number of carbonyl (C=O) groups is 2. The number of carbonyl (C=O) groups excluding carboxylic acids is 2. The van der Waals surface area contributed by atoms with Gasteiger partial charge in [-0.1, -0.05) is 30.3 Å². The normalized spacial score (nSPS) is 17.1. The highest BCUT2D eigenvalue weighted by molar-refractivity contribution is 5.91. The molecule has 0 atom stereocenters. The second-order valence-corrected chi connectivity index (χ2v) is 9.22. The second kappa shape index (κ2) is 9.38. The summed E-state index contributed by atoms with van der Waals surface area (Å²) in [6.45, 7) is 3.04. The lowest BCUT2D eigenvalue weighted by Gasteiger charge is -2.33. The van der Waals surface area contributed by atoms with Gasteiger partial charge in [0.15, 0.2) is 0 Å². The SMILES string of the molecule is O=C(CCc1c(-c2ccccc2)[nH]c2ccc(F)cc12)N1CCC(C(=O)N2CCCC2)CC1. The Morgan fingerprint density at radius 2 is 1.67 bits per heavy atom. The van der Waals surface area contributed by atoms with Gasteiger partial charge in [-0.2, -0.15) is 0 Å². The Kier molecular flexibility index (Phi) is 6.16. The number of halogens is 1. The fraction of sp³-hybridized carbons (Fsp3) is 0.407. The summed E-state index contributed by atoms with van der Waals surface area (Å²) in [5.41, 5.74) is 3.82. The predicted molar refractivity (Wildman–Crippen MR) is 127 cm³/mol. The number of amides is 2. The topological polar surface area (TPSA) is 56.4 Å². The molecule has 33 heavy (non-hydrogen) atoms. The zero-order valence-corrected chi connectivity index (χ0v) is 18.9. The Morgan fingerprint density at radius 1 is 0.939 bits per heavy atom. The number of rotatable bonds is 5. The van der Waals surface area contributed by atoms with Gasteiger partial charge < -0.3 is 14.8 Å². The van der Waals surface area contributed by atoms with Crippen LogP contribution >= 0.6 is 0 Å². The zero-order chi connectivity index (χ0) is 22.8. The molecule has 2 amide bonds. The number of hydrogen-bond donors (Lipinski definition) is 1. The largest absolute Gasteiger partial charge is 0.354 e. The van der Waals surface area contributed by atoms with Crippen LogP contribution in [0.1, 0.15) is 37.7 Å². The summed E-state index contributed by atoms with van der Waals surface area (Å²) in [5, 5.41) is 0.830. The standard InChI is InChI=1S/C27H30FN3O2/c28-21-8-10-24-23(18-21)22(26(29-24)19-6-2-1-3-7-19)9-11-25(32)30-16-12-20(13-17-30)27(33)31-14-4-5-15-31/h1-3,6-8,10,18,20,29H,4-5,9,11-17H2. The quantitative estimate of drug-likeness (QED) is 0.613. The van der Waals surface area contributed by atoms with Gasteiger partial charge in [-0.15, -0.1) is 0 Å². The molecule has 0 spiro atoms. The Labute approximate surface area is 193 Å². The molecule has 0 bridgehead atoms. The lowest BCUT2D eigenvalue weighted by molar-refractivity contribution is -0.140. The van der Waals surface area contributed by atoms with E-state index in [0.29, 0.717) is 25.9 Å². The van der Waals surface area contributed by atoms with E-state index in [4.69, 9.17) is 0 Å². The van der Waals surface area contributed by atoms with Crippen LogP contribution in [0.4, 0.5) is 4.39 Å². The Hall–Kier alpha value is -3.15. The van der Waals surface area contributed by atoms with Crippen LogP contribution in [0.2, 0.25) is 0 Å². The fourth-order valence-corrected chi connectivity index (χ4v) is 5.29. The summed E-state index contributed by atoms with van der Waals surface area (Å²) in [6.07, 6.45) is 4.61. The number of H-pyrrole nitrogens is 1. The highest BCUT2D eigenvalue weighted by atomic mass is 19.1. The van der Waals surface area contributed by atoms with Crippen molar-refractivity contribution in [3.8, 4) is 11.3 Å². The molecule has 2 aliphatic heterocycles. The molecule has 0 radical (unpaired) electrons. The summed E-state index contributed by atoms with van der Waals surface area (Å²) in [5.74, 6) is 0.145. The van der Waals surface area contributed by atoms with Crippen molar-refractivity contribution in [3.63, 3.8) is 0 Å². The van der Waals surface area contributed by atoms with E-state index in [1.165, 1.54) is 6.07 Å². The maximum Gasteiger partial charge on any atom is 0.225 e. The van der Waals surface area contributed by atoms with Crippen LogP contribution in [0.15, 0.2) is 48.5 Å². The molecule has 172 valence electrons. The van der Waals surface area contributed by atoms with Crippen LogP contribution in [-0.2, 0) is 16.0 Å². The van der Waals surface area contributed by atoms with E-state index in [0.717, 1.165) is 66.5 Å². The van der Waals surface area contributed by atoms with Gasteiger partial charge in [0.2, 0.25) is 11.8 Å². The number of piperidine rings is 1. The Morgan fingerprint density at radius 3 is 2.39 bits per heavy atom. The zero-order valence-electron chi connectivity index (χ0n) is 18.9. The van der Waals surface area contributed by atoms with Crippen LogP contribution in [0.25, 0.3) is 22.2 Å². The van der Waals surface area contributed by atoms with E-state index in [9.17, 15) is 14.0 Å². The number of hydrogen-bond acceptors (Lipinski definition) is 2. The summed E-state index contributed by atoms with van der Waals surface area (Å²) in [6, 6.07) is 14.7. The van der Waals surface area contributed by atoms with Crippen LogP contribution in [0.5, 0.6) is 0 Å². The molecule has 0 saturated carbocycles. The monoisotopic (exact) mass is 447 g/mol. The summed E-state index contributed by atoms with van der Waals surface area (Å²) in [4.78, 5) is 33.0. The van der Waals surface area contributed by atoms with Crippen molar-refractivity contribution in [2.24, 2.45) is 5.92 Å². The van der Waals surface area contributed by atoms with Crippen LogP contribution in [-0.4, -0.2) is 52.8 Å². The van der Waals surface area contributed by atoms with Crippen molar-refractivity contribution >= 4 is 22.7 Å². The fourth-order valence-electron chi connectivity index (χ4n) is 5.29. The first-order valence-corrected chi connectivity index (χ1v) is 12.0. The molecule has 3 aromatic rings. The first-order chi connectivity index (χ1) is 16.1. The molecule has 2 aliphatic rings. The van der Waals surface area contributed by atoms with Crippen LogP contribution < -0.4 is 0 Å². The summed E-state index contributed by atoms with van der Waals surface area (Å²) < 4.78 is 14.0. The second-order valence-electron chi connectivity index (χ2n) is 9.22. The van der Waals surface area contributed by atoms with Gasteiger partial charge in [-0.25, -0.2) is 4.39 Å². The molecule has 0 unspecified atom stereocenters. The highest BCUT2D eigenvalue weighted by Crippen LogP contribution is 2.32. The molecule has 0 aliphatic carbocycles. The molecule has 3 heterocycles. The lowest BCUT2D eigenvalue weighted by Crippen LogP contribution is -2.43. The van der Waals surface area contributed by atoms with E-state index in [-0.39, 0.29) is 23.5 Å². The van der Waals surface area contributed by atoms with E-state index in [1.807, 2.05) is 40.1 Å². The van der Waals surface area contributed by atoms with Crippen molar-refractivity contribution < 1.29 is 14.0 Å². The highest BCUT2D eigenvalue weighted by Gasteiger charge is 2.31. The Balaban J connectivity index is 1.27. The first-order valence-electron chi connectivity index (χ1n) is 12.0. The van der Waals surface area contributed by atoms with E-state index in [2.05, 4.69) is 4.98 Å². The minimum atomic E-state index is -0.279. The lowest BCUT2D eigenvalue weighted by atomic mass is 9.94. The van der Waals surface area contributed by atoms with Crippen molar-refractivity contribution in [2.45, 2.75) is 38.5 Å². The van der Waals surface area contributed by atoms with Gasteiger partial charge in [0, 0.05) is 55.1 Å². The average molecular weight is 448 g/mol. The number of likely N-dealkylation sites (tertiary alicyclic amines) is 2. The van der Waals surface area contributed by atoms with Crippen LogP contribution in [0.3, 0.4) is 0 Å². The number of fused-ring (bicyclic) bond motifs is 1. The minimum absolute atomic E-state index is 0.0495. The van der Waals surface area contributed by atoms with Gasteiger partial charge in [0.1, 0.15) is 5.82 Å². The maximum atomic E-state index is 14.0. The number of nitrogens with one attached hydrogen (secondary N) is 1. The molecule has 5 rings (SSSR count). The molecular weight excluding hydrogens is 417 g/mol. The van der Waals surface area contributed by atoms with Crippen LogP contribution in [0, 0.1) is 11.7 Å². The average Bonchev–Trinajstić information content (AvgIpc) is 3.51. The number of benzene rings is 2. The number of aromatic nitrogens is 1. The predicted octanol–water partition coefficient (Wildman–Crippen LogP) is 4.77. The smallest absolute Gasteiger partial charge is 0.225 e. The third kappa shape index (κ3) is 4.52. The third-order valence-corrected chi connectivity index (χ3v) is 7.13. The molecule has 1 N–H and O–H groups in total. The van der Waals surface area contributed by atoms with E-state index in [1.54, 1.807) is 12.1 Å². The minimum Gasteiger partial charge on any atom is -0.354 e. The first kappa shape index (κ1) is 21.7. The molecular formula is C27H30FN3O2. The summed E-state index contributed by atoms with van der Waals surface area (Å²) in [7, 11) is 0. The third-order valence-electron chi connectivity index (χ3n) is 7.13. The molecule has 2 fully saturated rings. The van der Waals surface area contributed by atoms with Crippen molar-refractivity contribution in [1.29, 1.82) is 0 Å². The number of aromatic amines is 1. The van der Waals surface area contributed by atoms with Gasteiger partial charge in [0.05, 0.1) is 0 Å². The van der Waals surface area contributed by atoms with Gasteiger partial charge in [-0.3, -0.25) is 9.59 Å². The van der Waals surface area contributed by atoms with E-state index < -0.39 is 0 Å². The summed E-state index contributed by atoms with van der Waals surface area (Å²) >= 11 is 0. The molecule has 2 aromatic carbocycles. The number of aryl methyl sites for hydroxylation is 1. The molecule has 1 aromatic heterocycles.